The number of aromatic nitrogens is 3. The predicted molar refractivity (Wildman–Crippen MR) is 51.9 cm³/mol. The standard InChI is InChI=1S/C8H6BrN3O/c9-6-3-7(5-10-4-6)12-2-1-11-8(12)13/h1-5H,(H,11,13). The van der Waals surface area contributed by atoms with E-state index in [1.54, 1.807) is 24.8 Å². The van der Waals surface area contributed by atoms with E-state index in [0.29, 0.717) is 0 Å². The Labute approximate surface area is 82.4 Å². The van der Waals surface area contributed by atoms with E-state index in [1.165, 1.54) is 4.57 Å². The molecule has 2 aromatic rings. The number of hydrogen-bond donors (Lipinski definition) is 1. The van der Waals surface area contributed by atoms with Gasteiger partial charge >= 0.3 is 5.69 Å². The van der Waals surface area contributed by atoms with Crippen LogP contribution in [0.2, 0.25) is 0 Å². The minimum absolute atomic E-state index is 0.167. The Morgan fingerprint density at radius 1 is 1.46 bits per heavy atom. The summed E-state index contributed by atoms with van der Waals surface area (Å²) in [5.74, 6) is 0. The highest BCUT2D eigenvalue weighted by Crippen LogP contribution is 2.11. The van der Waals surface area contributed by atoms with E-state index in [4.69, 9.17) is 0 Å². The lowest BCUT2D eigenvalue weighted by Crippen LogP contribution is -2.13. The molecule has 0 amide bonds. The normalized spacial score (nSPS) is 10.2. The monoisotopic (exact) mass is 239 g/mol. The molecule has 2 aromatic heterocycles. The fraction of sp³-hybridized carbons (Fsp3) is 0. The fourth-order valence-electron chi connectivity index (χ4n) is 1.06. The molecule has 5 heteroatoms. The van der Waals surface area contributed by atoms with Gasteiger partial charge in [-0.2, -0.15) is 0 Å². The van der Waals surface area contributed by atoms with Gasteiger partial charge in [-0.05, 0) is 22.0 Å². The van der Waals surface area contributed by atoms with Gasteiger partial charge in [0.05, 0.1) is 11.9 Å². The van der Waals surface area contributed by atoms with Gasteiger partial charge in [0.1, 0.15) is 0 Å². The first-order valence-electron chi connectivity index (χ1n) is 3.64. The van der Waals surface area contributed by atoms with Crippen LogP contribution in [-0.4, -0.2) is 14.5 Å². The van der Waals surface area contributed by atoms with E-state index in [0.717, 1.165) is 10.2 Å². The molecule has 0 unspecified atom stereocenters. The van der Waals surface area contributed by atoms with Crippen molar-refractivity contribution >= 4 is 15.9 Å². The topological polar surface area (TPSA) is 50.7 Å². The highest BCUT2D eigenvalue weighted by Gasteiger charge is 1.99. The Balaban J connectivity index is 2.59. The van der Waals surface area contributed by atoms with Gasteiger partial charge in [-0.3, -0.25) is 9.55 Å². The molecular weight excluding hydrogens is 234 g/mol. The third kappa shape index (κ3) is 1.55. The van der Waals surface area contributed by atoms with E-state index in [9.17, 15) is 4.79 Å². The van der Waals surface area contributed by atoms with Crippen molar-refractivity contribution < 1.29 is 0 Å². The number of imidazole rings is 1. The number of rotatable bonds is 1. The van der Waals surface area contributed by atoms with Gasteiger partial charge in [-0.1, -0.05) is 0 Å². The van der Waals surface area contributed by atoms with Crippen molar-refractivity contribution in [3.63, 3.8) is 0 Å². The minimum Gasteiger partial charge on any atom is -0.312 e. The van der Waals surface area contributed by atoms with E-state index in [-0.39, 0.29) is 5.69 Å². The average Bonchev–Trinajstić information content (AvgIpc) is 2.51. The summed E-state index contributed by atoms with van der Waals surface area (Å²) in [5.41, 5.74) is 0.570. The average molecular weight is 240 g/mol. The largest absolute Gasteiger partial charge is 0.330 e. The smallest absolute Gasteiger partial charge is 0.312 e. The van der Waals surface area contributed by atoms with Crippen LogP contribution >= 0.6 is 15.9 Å². The molecule has 0 bridgehead atoms. The maximum atomic E-state index is 11.2. The molecule has 66 valence electrons. The lowest BCUT2D eigenvalue weighted by molar-refractivity contribution is 0.974. The van der Waals surface area contributed by atoms with Gasteiger partial charge in [0.2, 0.25) is 0 Å². The van der Waals surface area contributed by atoms with Gasteiger partial charge in [0.25, 0.3) is 0 Å². The molecule has 4 nitrogen and oxygen atoms in total. The SMILES string of the molecule is O=c1[nH]ccn1-c1cncc(Br)c1. The van der Waals surface area contributed by atoms with Gasteiger partial charge in [-0.25, -0.2) is 4.79 Å². The number of nitrogens with zero attached hydrogens (tertiary/aromatic N) is 2. The van der Waals surface area contributed by atoms with E-state index in [2.05, 4.69) is 25.9 Å². The first-order chi connectivity index (χ1) is 6.27. The summed E-state index contributed by atoms with van der Waals surface area (Å²) in [5, 5.41) is 0. The number of H-pyrrole nitrogens is 1. The molecule has 0 spiro atoms. The van der Waals surface area contributed by atoms with E-state index in [1.807, 2.05) is 6.07 Å². The van der Waals surface area contributed by atoms with Gasteiger partial charge < -0.3 is 4.98 Å². The molecule has 0 aliphatic carbocycles. The summed E-state index contributed by atoms with van der Waals surface area (Å²) in [6.07, 6.45) is 6.54. The molecule has 2 heterocycles. The van der Waals surface area contributed by atoms with Crippen LogP contribution in [0.1, 0.15) is 0 Å². The highest BCUT2D eigenvalue weighted by atomic mass is 79.9. The van der Waals surface area contributed by atoms with Crippen LogP contribution in [0.5, 0.6) is 0 Å². The quantitative estimate of drug-likeness (QED) is 0.817. The second kappa shape index (κ2) is 3.18. The summed E-state index contributed by atoms with van der Waals surface area (Å²) in [7, 11) is 0. The van der Waals surface area contributed by atoms with Crippen molar-refractivity contribution in [1.29, 1.82) is 0 Å². The van der Waals surface area contributed by atoms with Gasteiger partial charge in [-0.15, -0.1) is 0 Å². The highest BCUT2D eigenvalue weighted by molar-refractivity contribution is 9.10. The number of pyridine rings is 1. The van der Waals surface area contributed by atoms with Crippen molar-refractivity contribution in [2.75, 3.05) is 0 Å². The maximum Gasteiger partial charge on any atom is 0.330 e. The van der Waals surface area contributed by atoms with Crippen LogP contribution in [-0.2, 0) is 0 Å². The molecule has 0 atom stereocenters. The van der Waals surface area contributed by atoms with Crippen molar-refractivity contribution in [3.8, 4) is 5.69 Å². The number of nitrogens with one attached hydrogen (secondary N) is 1. The molecule has 0 saturated heterocycles. The molecule has 13 heavy (non-hydrogen) atoms. The lowest BCUT2D eigenvalue weighted by atomic mass is 10.4. The molecule has 1 N–H and O–H groups in total. The second-order valence-electron chi connectivity index (χ2n) is 2.50. The van der Waals surface area contributed by atoms with Crippen LogP contribution in [0.3, 0.4) is 0 Å². The lowest BCUT2D eigenvalue weighted by Gasteiger charge is -1.99. The third-order valence-electron chi connectivity index (χ3n) is 1.62. The summed E-state index contributed by atoms with van der Waals surface area (Å²) < 4.78 is 2.33. The zero-order valence-corrected chi connectivity index (χ0v) is 8.15. The minimum atomic E-state index is -0.167. The zero-order chi connectivity index (χ0) is 9.26. The zero-order valence-electron chi connectivity index (χ0n) is 6.57. The van der Waals surface area contributed by atoms with Crippen LogP contribution in [0, 0.1) is 0 Å². The Hall–Kier alpha value is -1.36. The Morgan fingerprint density at radius 2 is 2.31 bits per heavy atom. The first-order valence-corrected chi connectivity index (χ1v) is 4.43. The predicted octanol–water partition coefficient (Wildman–Crippen LogP) is 1.32. The maximum absolute atomic E-state index is 11.2. The van der Waals surface area contributed by atoms with Crippen molar-refractivity contribution in [3.05, 3.63) is 45.8 Å². The van der Waals surface area contributed by atoms with Crippen LogP contribution in [0.4, 0.5) is 0 Å². The molecule has 0 aliphatic rings. The third-order valence-corrected chi connectivity index (χ3v) is 2.05. The fourth-order valence-corrected chi connectivity index (χ4v) is 1.41. The van der Waals surface area contributed by atoms with Crippen LogP contribution < -0.4 is 5.69 Å². The number of hydrogen-bond acceptors (Lipinski definition) is 2. The number of aromatic amines is 1. The summed E-state index contributed by atoms with van der Waals surface area (Å²) in [6, 6.07) is 1.82. The Bertz CT molecular complexity index is 474. The summed E-state index contributed by atoms with van der Waals surface area (Å²) in [4.78, 5) is 17.7. The van der Waals surface area contributed by atoms with Crippen molar-refractivity contribution in [1.82, 2.24) is 14.5 Å². The van der Waals surface area contributed by atoms with Crippen molar-refractivity contribution in [2.24, 2.45) is 0 Å². The molecule has 0 aromatic carbocycles. The van der Waals surface area contributed by atoms with E-state index >= 15 is 0 Å². The first kappa shape index (κ1) is 8.25. The second-order valence-corrected chi connectivity index (χ2v) is 3.41. The molecule has 0 radical (unpaired) electrons. The molecule has 2 rings (SSSR count). The van der Waals surface area contributed by atoms with Gasteiger partial charge in [0, 0.05) is 23.1 Å². The van der Waals surface area contributed by atoms with Crippen molar-refractivity contribution in [2.45, 2.75) is 0 Å². The van der Waals surface area contributed by atoms with Gasteiger partial charge in [0.15, 0.2) is 0 Å². The molecule has 0 aliphatic heterocycles. The number of halogens is 1. The Morgan fingerprint density at radius 3 is 2.92 bits per heavy atom. The Kier molecular flexibility index (Phi) is 2.02. The molecular formula is C8H6BrN3O. The van der Waals surface area contributed by atoms with Crippen LogP contribution in [0.25, 0.3) is 5.69 Å². The molecule has 0 fully saturated rings. The van der Waals surface area contributed by atoms with Crippen LogP contribution in [0.15, 0.2) is 40.1 Å². The summed E-state index contributed by atoms with van der Waals surface area (Å²) >= 11 is 3.28. The molecule has 0 saturated carbocycles. The van der Waals surface area contributed by atoms with E-state index < -0.39 is 0 Å². The summed E-state index contributed by atoms with van der Waals surface area (Å²) in [6.45, 7) is 0.